The number of carbonyl (C=O) groups is 1. The van der Waals surface area contributed by atoms with Crippen molar-refractivity contribution in [1.29, 1.82) is 0 Å². The molecule has 6 heteroatoms. The molecule has 5 N–H and O–H groups in total. The summed E-state index contributed by atoms with van der Waals surface area (Å²) >= 11 is 4.41. The number of hydrogen-bond acceptors (Lipinski definition) is 3. The van der Waals surface area contributed by atoms with Crippen molar-refractivity contribution in [3.05, 3.63) is 0 Å². The molecule has 0 aliphatic heterocycles. The van der Waals surface area contributed by atoms with E-state index in [4.69, 9.17) is 10.8 Å². The second kappa shape index (κ2) is 4.02. The van der Waals surface area contributed by atoms with Gasteiger partial charge in [0.25, 0.3) is 0 Å². The molecule has 10 heavy (non-hydrogen) atoms. The molecule has 0 radical (unpaired) electrons. The fourth-order valence-corrected chi connectivity index (χ4v) is 0.300. The van der Waals surface area contributed by atoms with Crippen molar-refractivity contribution < 1.29 is 9.90 Å². The minimum absolute atomic E-state index is 0.0214. The van der Waals surface area contributed by atoms with Crippen LogP contribution in [0.1, 0.15) is 6.92 Å². The summed E-state index contributed by atoms with van der Waals surface area (Å²) in [5.74, 6) is -0.969. The molecule has 0 aliphatic carbocycles. The van der Waals surface area contributed by atoms with Gasteiger partial charge in [0, 0.05) is 0 Å². The first-order chi connectivity index (χ1) is 4.54. The summed E-state index contributed by atoms with van der Waals surface area (Å²) in [6.45, 7) is 1.47. The third-order valence-electron chi connectivity index (χ3n) is 0.782. The average molecular weight is 163 g/mol. The van der Waals surface area contributed by atoms with Gasteiger partial charge in [0.2, 0.25) is 0 Å². The number of rotatable bonds is 3. The van der Waals surface area contributed by atoms with Crippen LogP contribution in [0.25, 0.3) is 0 Å². The van der Waals surface area contributed by atoms with Gasteiger partial charge < -0.3 is 10.8 Å². The Morgan fingerprint density at radius 1 is 1.80 bits per heavy atom. The molecule has 1 unspecified atom stereocenters. The molecule has 0 saturated carbocycles. The van der Waals surface area contributed by atoms with Gasteiger partial charge in [-0.2, -0.15) is 0 Å². The lowest BCUT2D eigenvalue weighted by Crippen LogP contribution is -2.48. The molecular formula is C4H9N3O2S. The zero-order chi connectivity index (χ0) is 8.15. The zero-order valence-electron chi connectivity index (χ0n) is 5.42. The van der Waals surface area contributed by atoms with E-state index in [0.717, 1.165) is 0 Å². The molecule has 0 heterocycles. The third-order valence-corrected chi connectivity index (χ3v) is 0.884. The standard InChI is InChI=1S/C4H9N3O2S/c1-2(3(8)9)6-7-4(5)10/h2,6H,1H3,(H,8,9)(H3,5,7,10). The van der Waals surface area contributed by atoms with Crippen LogP contribution in [-0.2, 0) is 4.79 Å². The van der Waals surface area contributed by atoms with E-state index in [0.29, 0.717) is 0 Å². The average Bonchev–Trinajstić information content (AvgIpc) is 1.82. The Morgan fingerprint density at radius 3 is 2.60 bits per heavy atom. The fourth-order valence-electron chi connectivity index (χ4n) is 0.241. The molecule has 0 saturated heterocycles. The summed E-state index contributed by atoms with van der Waals surface area (Å²) in [7, 11) is 0. The molecular weight excluding hydrogens is 154 g/mol. The number of nitrogens with one attached hydrogen (secondary N) is 2. The molecule has 0 aromatic rings. The van der Waals surface area contributed by atoms with Gasteiger partial charge in [-0.1, -0.05) is 0 Å². The van der Waals surface area contributed by atoms with Gasteiger partial charge >= 0.3 is 5.97 Å². The lowest BCUT2D eigenvalue weighted by Gasteiger charge is -2.08. The maximum atomic E-state index is 10.1. The van der Waals surface area contributed by atoms with E-state index in [1.165, 1.54) is 6.92 Å². The molecule has 0 bridgehead atoms. The van der Waals surface area contributed by atoms with Crippen LogP contribution in [-0.4, -0.2) is 22.2 Å². The predicted octanol–water partition coefficient (Wildman–Crippen LogP) is -1.20. The summed E-state index contributed by atoms with van der Waals surface area (Å²) in [5.41, 5.74) is 9.68. The first-order valence-corrected chi connectivity index (χ1v) is 2.98. The normalized spacial score (nSPS) is 12.1. The Hall–Kier alpha value is -0.880. The van der Waals surface area contributed by atoms with Crippen LogP contribution < -0.4 is 16.6 Å². The monoisotopic (exact) mass is 163 g/mol. The topological polar surface area (TPSA) is 87.4 Å². The fraction of sp³-hybridized carbons (Fsp3) is 0.500. The van der Waals surface area contributed by atoms with Crippen molar-refractivity contribution in [2.75, 3.05) is 0 Å². The molecule has 0 amide bonds. The van der Waals surface area contributed by atoms with E-state index in [1.807, 2.05) is 0 Å². The highest BCUT2D eigenvalue weighted by Crippen LogP contribution is 1.75. The first-order valence-electron chi connectivity index (χ1n) is 2.58. The summed E-state index contributed by atoms with van der Waals surface area (Å²) in [6.07, 6.45) is 0. The van der Waals surface area contributed by atoms with Crippen molar-refractivity contribution in [3.8, 4) is 0 Å². The lowest BCUT2D eigenvalue weighted by molar-refractivity contribution is -0.139. The van der Waals surface area contributed by atoms with Crippen LogP contribution in [0.5, 0.6) is 0 Å². The maximum absolute atomic E-state index is 10.1. The Morgan fingerprint density at radius 2 is 2.30 bits per heavy atom. The summed E-state index contributed by atoms with van der Waals surface area (Å²) in [4.78, 5) is 10.1. The second-order valence-electron chi connectivity index (χ2n) is 1.69. The van der Waals surface area contributed by atoms with Gasteiger partial charge in [-0.25, -0.2) is 5.43 Å². The minimum atomic E-state index is -0.969. The number of carboxylic acids is 1. The number of carboxylic acid groups (broad SMARTS) is 1. The molecule has 0 aromatic heterocycles. The first kappa shape index (κ1) is 9.12. The zero-order valence-corrected chi connectivity index (χ0v) is 6.23. The van der Waals surface area contributed by atoms with E-state index in [1.54, 1.807) is 0 Å². The van der Waals surface area contributed by atoms with E-state index >= 15 is 0 Å². The quantitative estimate of drug-likeness (QED) is 0.309. The number of nitrogens with two attached hydrogens (primary N) is 1. The van der Waals surface area contributed by atoms with E-state index in [9.17, 15) is 4.79 Å². The Labute approximate surface area is 63.6 Å². The van der Waals surface area contributed by atoms with Crippen molar-refractivity contribution in [3.63, 3.8) is 0 Å². The summed E-state index contributed by atoms with van der Waals surface area (Å²) in [6, 6.07) is -0.707. The van der Waals surface area contributed by atoms with Gasteiger partial charge in [0.05, 0.1) is 0 Å². The number of hydrogen-bond donors (Lipinski definition) is 4. The molecule has 0 spiro atoms. The van der Waals surface area contributed by atoms with E-state index in [2.05, 4.69) is 23.1 Å². The van der Waals surface area contributed by atoms with Crippen LogP contribution in [0.15, 0.2) is 0 Å². The Kier molecular flexibility index (Phi) is 3.67. The predicted molar refractivity (Wildman–Crippen MR) is 40.2 cm³/mol. The number of hydrazine groups is 1. The number of thiocarbonyl (C=S) groups is 1. The number of aliphatic carboxylic acids is 1. The summed E-state index contributed by atoms with van der Waals surface area (Å²) in [5, 5.41) is 8.33. The highest BCUT2D eigenvalue weighted by Gasteiger charge is 2.08. The van der Waals surface area contributed by atoms with Gasteiger partial charge in [-0.15, -0.1) is 0 Å². The third kappa shape index (κ3) is 4.04. The van der Waals surface area contributed by atoms with E-state index in [-0.39, 0.29) is 5.11 Å². The SMILES string of the molecule is CC(NNC(N)=S)C(=O)O. The smallest absolute Gasteiger partial charge is 0.322 e. The van der Waals surface area contributed by atoms with Crippen molar-refractivity contribution in [2.24, 2.45) is 5.73 Å². The van der Waals surface area contributed by atoms with Crippen molar-refractivity contribution in [2.45, 2.75) is 13.0 Å². The van der Waals surface area contributed by atoms with Gasteiger partial charge in [0.1, 0.15) is 6.04 Å². The molecule has 58 valence electrons. The Balaban J connectivity index is 3.49. The van der Waals surface area contributed by atoms with Crippen LogP contribution in [0.4, 0.5) is 0 Å². The Bertz CT molecular complexity index is 149. The molecule has 0 aromatic carbocycles. The van der Waals surface area contributed by atoms with Gasteiger partial charge in [0.15, 0.2) is 5.11 Å². The highest BCUT2D eigenvalue weighted by atomic mass is 32.1. The van der Waals surface area contributed by atoms with Crippen molar-refractivity contribution in [1.82, 2.24) is 10.9 Å². The van der Waals surface area contributed by atoms with Crippen molar-refractivity contribution >= 4 is 23.3 Å². The molecule has 0 fully saturated rings. The van der Waals surface area contributed by atoms with Crippen LogP contribution in [0.3, 0.4) is 0 Å². The maximum Gasteiger partial charge on any atom is 0.322 e. The molecule has 0 rings (SSSR count). The van der Waals surface area contributed by atoms with Crippen LogP contribution >= 0.6 is 12.2 Å². The molecule has 1 atom stereocenters. The largest absolute Gasteiger partial charge is 0.480 e. The molecule has 5 nitrogen and oxygen atoms in total. The molecule has 0 aliphatic rings. The summed E-state index contributed by atoms with van der Waals surface area (Å²) < 4.78 is 0. The highest BCUT2D eigenvalue weighted by molar-refractivity contribution is 7.80. The van der Waals surface area contributed by atoms with Crippen LogP contribution in [0, 0.1) is 0 Å². The van der Waals surface area contributed by atoms with Crippen LogP contribution in [0.2, 0.25) is 0 Å². The lowest BCUT2D eigenvalue weighted by atomic mass is 10.4. The van der Waals surface area contributed by atoms with Gasteiger partial charge in [-0.05, 0) is 19.1 Å². The van der Waals surface area contributed by atoms with Gasteiger partial charge in [-0.3, -0.25) is 10.2 Å². The minimum Gasteiger partial charge on any atom is -0.480 e. The van der Waals surface area contributed by atoms with E-state index < -0.39 is 12.0 Å². The second-order valence-corrected chi connectivity index (χ2v) is 2.13.